The molecule has 0 aromatic rings. The molecule has 1 fully saturated rings. The number of hydrogen-bond acceptors (Lipinski definition) is 1. The van der Waals surface area contributed by atoms with Crippen LogP contribution >= 0.6 is 0 Å². The van der Waals surface area contributed by atoms with Crippen LogP contribution in [0.3, 0.4) is 0 Å². The van der Waals surface area contributed by atoms with Gasteiger partial charge in [0, 0.05) is 0 Å². The Hall–Kier alpha value is -0.180. The maximum Gasteiger partial charge on any atom is 0.253 e. The molecule has 0 heterocycles. The Kier molecular flexibility index (Phi) is 5.51. The van der Waals surface area contributed by atoms with Crippen LogP contribution in [0.25, 0.3) is 0 Å². The third-order valence-electron chi connectivity index (χ3n) is 3.65. The van der Waals surface area contributed by atoms with Crippen molar-refractivity contribution < 1.29 is 8.78 Å². The molecule has 0 saturated heterocycles. The minimum atomic E-state index is -2.24. The molecule has 1 aliphatic carbocycles. The molecule has 0 amide bonds. The quantitative estimate of drug-likeness (QED) is 0.746. The smallest absolute Gasteiger partial charge is 0.253 e. The first kappa shape index (κ1) is 12.9. The number of alkyl halides is 2. The van der Waals surface area contributed by atoms with E-state index in [2.05, 4.69) is 12.2 Å². The number of nitrogens with one attached hydrogen (secondary N) is 1. The standard InChI is InChI=1S/C12H23F2N/c1-3-10-4-6-11(7-5-10)8-15-9(2)12(13)14/h9-12,15H,3-8H2,1-2H3. The van der Waals surface area contributed by atoms with Crippen molar-refractivity contribution in [1.29, 1.82) is 0 Å². The Labute approximate surface area is 91.6 Å². The van der Waals surface area contributed by atoms with Gasteiger partial charge in [-0.25, -0.2) is 8.78 Å². The van der Waals surface area contributed by atoms with E-state index < -0.39 is 12.5 Å². The maximum atomic E-state index is 12.2. The summed E-state index contributed by atoms with van der Waals surface area (Å²) in [6.07, 6.45) is 4.02. The van der Waals surface area contributed by atoms with Crippen LogP contribution in [0.2, 0.25) is 0 Å². The lowest BCUT2D eigenvalue weighted by Gasteiger charge is -2.28. The molecule has 90 valence electrons. The molecule has 0 aliphatic heterocycles. The van der Waals surface area contributed by atoms with Gasteiger partial charge in [-0.2, -0.15) is 0 Å². The minimum absolute atomic E-state index is 0.619. The van der Waals surface area contributed by atoms with Crippen LogP contribution in [0.5, 0.6) is 0 Å². The summed E-state index contributed by atoms with van der Waals surface area (Å²) in [4.78, 5) is 0. The summed E-state index contributed by atoms with van der Waals surface area (Å²) in [5.74, 6) is 1.50. The van der Waals surface area contributed by atoms with E-state index in [0.29, 0.717) is 5.92 Å². The number of rotatable bonds is 5. The second-order valence-electron chi connectivity index (χ2n) is 4.83. The van der Waals surface area contributed by atoms with Crippen LogP contribution in [0.1, 0.15) is 46.0 Å². The fourth-order valence-corrected chi connectivity index (χ4v) is 2.29. The molecule has 3 heteroatoms. The molecule has 0 aromatic carbocycles. The van der Waals surface area contributed by atoms with Crippen molar-refractivity contribution in [2.75, 3.05) is 6.54 Å². The molecule has 1 nitrogen and oxygen atoms in total. The van der Waals surface area contributed by atoms with Crippen molar-refractivity contribution in [1.82, 2.24) is 5.32 Å². The van der Waals surface area contributed by atoms with Gasteiger partial charge in [0.05, 0.1) is 6.04 Å². The van der Waals surface area contributed by atoms with Gasteiger partial charge in [-0.15, -0.1) is 0 Å². The van der Waals surface area contributed by atoms with Crippen molar-refractivity contribution in [2.24, 2.45) is 11.8 Å². The molecule has 15 heavy (non-hydrogen) atoms. The third-order valence-corrected chi connectivity index (χ3v) is 3.65. The molecule has 0 bridgehead atoms. The van der Waals surface area contributed by atoms with Crippen LogP contribution in [0.15, 0.2) is 0 Å². The van der Waals surface area contributed by atoms with E-state index in [1.807, 2.05) is 0 Å². The first-order valence-corrected chi connectivity index (χ1v) is 6.15. The highest BCUT2D eigenvalue weighted by Crippen LogP contribution is 2.30. The van der Waals surface area contributed by atoms with E-state index in [4.69, 9.17) is 0 Å². The molecular weight excluding hydrogens is 196 g/mol. The Bertz CT molecular complexity index is 165. The molecule has 1 unspecified atom stereocenters. The highest BCUT2D eigenvalue weighted by molar-refractivity contribution is 4.75. The van der Waals surface area contributed by atoms with Crippen LogP contribution in [0.4, 0.5) is 8.78 Å². The Morgan fingerprint density at radius 1 is 1.13 bits per heavy atom. The van der Waals surface area contributed by atoms with E-state index in [1.165, 1.54) is 32.1 Å². The average Bonchev–Trinajstić information content (AvgIpc) is 2.26. The zero-order valence-electron chi connectivity index (χ0n) is 9.81. The highest BCUT2D eigenvalue weighted by Gasteiger charge is 2.21. The molecule has 1 aliphatic rings. The van der Waals surface area contributed by atoms with Crippen LogP contribution < -0.4 is 5.32 Å². The molecular formula is C12H23F2N. The van der Waals surface area contributed by atoms with Crippen molar-refractivity contribution >= 4 is 0 Å². The maximum absolute atomic E-state index is 12.2. The van der Waals surface area contributed by atoms with Gasteiger partial charge >= 0.3 is 0 Å². The van der Waals surface area contributed by atoms with Crippen molar-refractivity contribution in [3.8, 4) is 0 Å². The summed E-state index contributed by atoms with van der Waals surface area (Å²) < 4.78 is 24.5. The first-order chi connectivity index (χ1) is 7.13. The molecule has 1 saturated carbocycles. The predicted molar refractivity (Wildman–Crippen MR) is 59.2 cm³/mol. The van der Waals surface area contributed by atoms with Crippen molar-refractivity contribution in [2.45, 2.75) is 58.4 Å². The molecule has 0 radical (unpaired) electrons. The number of hydrogen-bond donors (Lipinski definition) is 1. The number of halogens is 2. The highest BCUT2D eigenvalue weighted by atomic mass is 19.3. The summed E-state index contributed by atoms with van der Waals surface area (Å²) in [5.41, 5.74) is 0. The minimum Gasteiger partial charge on any atom is -0.309 e. The topological polar surface area (TPSA) is 12.0 Å². The van der Waals surface area contributed by atoms with Gasteiger partial charge in [0.15, 0.2) is 0 Å². The van der Waals surface area contributed by atoms with Gasteiger partial charge < -0.3 is 5.32 Å². The largest absolute Gasteiger partial charge is 0.309 e. The SMILES string of the molecule is CCC1CCC(CNC(C)C(F)F)CC1. The molecule has 1 rings (SSSR count). The van der Waals surface area contributed by atoms with E-state index in [1.54, 1.807) is 6.92 Å². The zero-order chi connectivity index (χ0) is 11.3. The zero-order valence-corrected chi connectivity index (χ0v) is 9.81. The van der Waals surface area contributed by atoms with E-state index in [0.717, 1.165) is 12.5 Å². The summed E-state index contributed by atoms with van der Waals surface area (Å²) >= 11 is 0. The predicted octanol–water partition coefficient (Wildman–Crippen LogP) is 3.45. The first-order valence-electron chi connectivity index (χ1n) is 6.15. The normalized spacial score (nSPS) is 29.4. The Balaban J connectivity index is 2.13. The van der Waals surface area contributed by atoms with Crippen LogP contribution in [-0.2, 0) is 0 Å². The monoisotopic (exact) mass is 219 g/mol. The molecule has 0 spiro atoms. The summed E-state index contributed by atoms with van der Waals surface area (Å²) in [5, 5.41) is 2.93. The van der Waals surface area contributed by atoms with Gasteiger partial charge in [-0.1, -0.05) is 26.2 Å². The summed E-state index contributed by atoms with van der Waals surface area (Å²) in [7, 11) is 0. The fourth-order valence-electron chi connectivity index (χ4n) is 2.29. The summed E-state index contributed by atoms with van der Waals surface area (Å²) in [6.45, 7) is 4.56. The van der Waals surface area contributed by atoms with Crippen LogP contribution in [-0.4, -0.2) is 19.0 Å². The Morgan fingerprint density at radius 3 is 2.13 bits per heavy atom. The second-order valence-corrected chi connectivity index (χ2v) is 4.83. The van der Waals surface area contributed by atoms with E-state index in [9.17, 15) is 8.78 Å². The lowest BCUT2D eigenvalue weighted by molar-refractivity contribution is 0.101. The van der Waals surface area contributed by atoms with Gasteiger partial charge in [0.1, 0.15) is 0 Å². The molecule has 1 N–H and O–H groups in total. The van der Waals surface area contributed by atoms with Gasteiger partial charge in [0.25, 0.3) is 6.43 Å². The van der Waals surface area contributed by atoms with Crippen molar-refractivity contribution in [3.05, 3.63) is 0 Å². The summed E-state index contributed by atoms with van der Waals surface area (Å²) in [6, 6.07) is -0.658. The van der Waals surface area contributed by atoms with Gasteiger partial charge in [-0.3, -0.25) is 0 Å². The van der Waals surface area contributed by atoms with E-state index >= 15 is 0 Å². The molecule has 1 atom stereocenters. The second kappa shape index (κ2) is 6.41. The molecule has 0 aromatic heterocycles. The van der Waals surface area contributed by atoms with E-state index in [-0.39, 0.29) is 0 Å². The lowest BCUT2D eigenvalue weighted by Crippen LogP contribution is -2.37. The van der Waals surface area contributed by atoms with Gasteiger partial charge in [-0.05, 0) is 38.1 Å². The average molecular weight is 219 g/mol. The van der Waals surface area contributed by atoms with Crippen molar-refractivity contribution in [3.63, 3.8) is 0 Å². The third kappa shape index (κ3) is 4.45. The van der Waals surface area contributed by atoms with Gasteiger partial charge in [0.2, 0.25) is 0 Å². The van der Waals surface area contributed by atoms with Crippen LogP contribution in [0, 0.1) is 11.8 Å². The Morgan fingerprint density at radius 2 is 1.67 bits per heavy atom. The fraction of sp³-hybridized carbons (Fsp3) is 1.00. The lowest BCUT2D eigenvalue weighted by atomic mass is 9.81.